The topological polar surface area (TPSA) is 32.3 Å². The summed E-state index contributed by atoms with van der Waals surface area (Å²) in [5.74, 6) is 0. The fourth-order valence-corrected chi connectivity index (χ4v) is 2.92. The number of aliphatic hydroxyl groups is 1. The number of hydrogen-bond donors (Lipinski definition) is 2. The zero-order chi connectivity index (χ0) is 12.1. The number of hydrogen-bond acceptors (Lipinski definition) is 2. The fraction of sp³-hybridized carbons (Fsp3) is 0.571. The first-order valence-electron chi connectivity index (χ1n) is 6.39. The van der Waals surface area contributed by atoms with Crippen molar-refractivity contribution in [1.29, 1.82) is 0 Å². The molecule has 3 heteroatoms. The van der Waals surface area contributed by atoms with Crippen LogP contribution in [0.3, 0.4) is 0 Å². The van der Waals surface area contributed by atoms with E-state index in [0.717, 1.165) is 25.8 Å². The standard InChI is InChI=1S/C14H20BrNO/c15-13-7-3-2-6-12(13)14(8-9-14)16-10-4-1-5-11-17/h2-3,6-7,16-17H,1,4-5,8-11H2. The highest BCUT2D eigenvalue weighted by Gasteiger charge is 2.44. The Morgan fingerprint density at radius 2 is 1.94 bits per heavy atom. The predicted molar refractivity (Wildman–Crippen MR) is 74.0 cm³/mol. The molecule has 1 fully saturated rings. The van der Waals surface area contributed by atoms with E-state index in [1.807, 2.05) is 0 Å². The van der Waals surface area contributed by atoms with E-state index >= 15 is 0 Å². The highest BCUT2D eigenvalue weighted by atomic mass is 79.9. The van der Waals surface area contributed by atoms with Crippen molar-refractivity contribution in [2.75, 3.05) is 13.2 Å². The molecule has 0 atom stereocenters. The SMILES string of the molecule is OCCCCCNC1(c2ccccc2Br)CC1. The Morgan fingerprint density at radius 3 is 2.59 bits per heavy atom. The minimum atomic E-state index is 0.222. The Balaban J connectivity index is 1.86. The van der Waals surface area contributed by atoms with Gasteiger partial charge < -0.3 is 10.4 Å². The van der Waals surface area contributed by atoms with E-state index in [4.69, 9.17) is 5.11 Å². The summed E-state index contributed by atoms with van der Waals surface area (Å²) in [7, 11) is 0. The molecule has 1 aliphatic rings. The summed E-state index contributed by atoms with van der Waals surface area (Å²) in [6, 6.07) is 8.49. The Labute approximate surface area is 112 Å². The van der Waals surface area contributed by atoms with Gasteiger partial charge in [-0.15, -0.1) is 0 Å². The van der Waals surface area contributed by atoms with Crippen LogP contribution < -0.4 is 5.32 Å². The van der Waals surface area contributed by atoms with E-state index in [1.165, 1.54) is 22.9 Å². The van der Waals surface area contributed by atoms with Crippen LogP contribution in [0.1, 0.15) is 37.7 Å². The van der Waals surface area contributed by atoms with Crippen molar-refractivity contribution >= 4 is 15.9 Å². The van der Waals surface area contributed by atoms with Crippen molar-refractivity contribution in [1.82, 2.24) is 5.32 Å². The third-order valence-electron chi connectivity index (χ3n) is 3.44. The molecule has 0 aliphatic heterocycles. The molecule has 0 saturated heterocycles. The summed E-state index contributed by atoms with van der Waals surface area (Å²) in [4.78, 5) is 0. The number of benzene rings is 1. The monoisotopic (exact) mass is 297 g/mol. The Morgan fingerprint density at radius 1 is 1.18 bits per heavy atom. The van der Waals surface area contributed by atoms with Gasteiger partial charge in [0.25, 0.3) is 0 Å². The van der Waals surface area contributed by atoms with Crippen molar-refractivity contribution in [3.05, 3.63) is 34.3 Å². The third-order valence-corrected chi connectivity index (χ3v) is 4.13. The number of nitrogens with one attached hydrogen (secondary N) is 1. The van der Waals surface area contributed by atoms with Gasteiger partial charge in [0.2, 0.25) is 0 Å². The van der Waals surface area contributed by atoms with Crippen molar-refractivity contribution in [3.8, 4) is 0 Å². The number of rotatable bonds is 7. The molecule has 1 aliphatic carbocycles. The van der Waals surface area contributed by atoms with Gasteiger partial charge in [0, 0.05) is 16.6 Å². The number of halogens is 1. The molecule has 2 nitrogen and oxygen atoms in total. The van der Waals surface area contributed by atoms with E-state index in [1.54, 1.807) is 0 Å². The summed E-state index contributed by atoms with van der Waals surface area (Å²) >= 11 is 3.63. The molecule has 0 aromatic heterocycles. The zero-order valence-electron chi connectivity index (χ0n) is 10.1. The summed E-state index contributed by atoms with van der Waals surface area (Å²) in [5, 5.41) is 12.4. The molecule has 0 heterocycles. The van der Waals surface area contributed by atoms with Crippen LogP contribution in [0.5, 0.6) is 0 Å². The second-order valence-electron chi connectivity index (χ2n) is 4.77. The van der Waals surface area contributed by atoms with E-state index in [0.29, 0.717) is 6.61 Å². The van der Waals surface area contributed by atoms with Crippen LogP contribution in [0, 0.1) is 0 Å². The van der Waals surface area contributed by atoms with Gasteiger partial charge in [0.15, 0.2) is 0 Å². The smallest absolute Gasteiger partial charge is 0.0447 e. The quantitative estimate of drug-likeness (QED) is 0.758. The largest absolute Gasteiger partial charge is 0.396 e. The van der Waals surface area contributed by atoms with Crippen molar-refractivity contribution in [3.63, 3.8) is 0 Å². The van der Waals surface area contributed by atoms with E-state index in [2.05, 4.69) is 45.5 Å². The van der Waals surface area contributed by atoms with E-state index in [9.17, 15) is 0 Å². The Bertz CT molecular complexity index is 363. The lowest BCUT2D eigenvalue weighted by Gasteiger charge is -2.19. The molecule has 17 heavy (non-hydrogen) atoms. The highest BCUT2D eigenvalue weighted by Crippen LogP contribution is 2.47. The molecule has 94 valence electrons. The molecular weight excluding hydrogens is 278 g/mol. The lowest BCUT2D eigenvalue weighted by molar-refractivity contribution is 0.282. The second-order valence-corrected chi connectivity index (χ2v) is 5.63. The normalized spacial score (nSPS) is 17.1. The van der Waals surface area contributed by atoms with Crippen molar-refractivity contribution < 1.29 is 5.11 Å². The van der Waals surface area contributed by atoms with Crippen LogP contribution in [0.4, 0.5) is 0 Å². The molecule has 1 aromatic carbocycles. The first kappa shape index (κ1) is 13.1. The summed E-state index contributed by atoms with van der Waals surface area (Å²) in [5.41, 5.74) is 1.61. The van der Waals surface area contributed by atoms with Gasteiger partial charge >= 0.3 is 0 Å². The number of unbranched alkanes of at least 4 members (excludes halogenated alkanes) is 2. The van der Waals surface area contributed by atoms with Crippen LogP contribution in [0.15, 0.2) is 28.7 Å². The van der Waals surface area contributed by atoms with Gasteiger partial charge in [-0.25, -0.2) is 0 Å². The first-order valence-corrected chi connectivity index (χ1v) is 7.19. The van der Waals surface area contributed by atoms with Crippen molar-refractivity contribution in [2.45, 2.75) is 37.6 Å². The molecule has 0 radical (unpaired) electrons. The summed E-state index contributed by atoms with van der Waals surface area (Å²) in [6.45, 7) is 1.36. The van der Waals surface area contributed by atoms with Gasteiger partial charge in [-0.2, -0.15) is 0 Å². The predicted octanol–water partition coefficient (Wildman–Crippen LogP) is 3.19. The molecule has 0 bridgehead atoms. The molecular formula is C14H20BrNO. The van der Waals surface area contributed by atoms with Crippen LogP contribution in [0.2, 0.25) is 0 Å². The molecule has 0 unspecified atom stereocenters. The summed E-state index contributed by atoms with van der Waals surface area (Å²) < 4.78 is 1.21. The van der Waals surface area contributed by atoms with Gasteiger partial charge in [0.1, 0.15) is 0 Å². The van der Waals surface area contributed by atoms with Gasteiger partial charge in [0.05, 0.1) is 0 Å². The maximum absolute atomic E-state index is 8.73. The minimum absolute atomic E-state index is 0.222. The van der Waals surface area contributed by atoms with Crippen molar-refractivity contribution in [2.24, 2.45) is 0 Å². The molecule has 1 aromatic rings. The molecule has 0 spiro atoms. The minimum Gasteiger partial charge on any atom is -0.396 e. The van der Waals surface area contributed by atoms with Crippen LogP contribution in [0.25, 0.3) is 0 Å². The lowest BCUT2D eigenvalue weighted by Crippen LogP contribution is -2.30. The lowest BCUT2D eigenvalue weighted by atomic mass is 10.0. The fourth-order valence-electron chi connectivity index (χ4n) is 2.26. The second kappa shape index (κ2) is 5.98. The Kier molecular flexibility index (Phi) is 4.60. The van der Waals surface area contributed by atoms with Gasteiger partial charge in [-0.05, 0) is 50.3 Å². The molecule has 0 amide bonds. The number of aliphatic hydroxyl groups excluding tert-OH is 1. The van der Waals surface area contributed by atoms with Gasteiger partial charge in [-0.3, -0.25) is 0 Å². The average Bonchev–Trinajstić information content (AvgIpc) is 3.10. The Hall–Kier alpha value is -0.380. The first-order chi connectivity index (χ1) is 8.28. The average molecular weight is 298 g/mol. The molecule has 2 N–H and O–H groups in total. The zero-order valence-corrected chi connectivity index (χ0v) is 11.7. The van der Waals surface area contributed by atoms with Crippen LogP contribution >= 0.6 is 15.9 Å². The van der Waals surface area contributed by atoms with Gasteiger partial charge in [-0.1, -0.05) is 34.1 Å². The van der Waals surface area contributed by atoms with E-state index in [-0.39, 0.29) is 5.54 Å². The maximum atomic E-state index is 8.73. The van der Waals surface area contributed by atoms with Crippen LogP contribution in [-0.4, -0.2) is 18.3 Å². The van der Waals surface area contributed by atoms with Crippen LogP contribution in [-0.2, 0) is 5.54 Å². The summed E-state index contributed by atoms with van der Waals surface area (Å²) in [6.07, 6.45) is 5.64. The molecule has 1 saturated carbocycles. The third kappa shape index (κ3) is 3.30. The highest BCUT2D eigenvalue weighted by molar-refractivity contribution is 9.10. The molecule has 2 rings (SSSR count). The maximum Gasteiger partial charge on any atom is 0.0447 e. The van der Waals surface area contributed by atoms with E-state index < -0.39 is 0 Å².